The van der Waals surface area contributed by atoms with Crippen LogP contribution in [0.15, 0.2) is 0 Å². The maximum absolute atomic E-state index is 10.1. The van der Waals surface area contributed by atoms with Gasteiger partial charge in [0.1, 0.15) is 5.01 Å². The average Bonchev–Trinajstić information content (AvgIpc) is 2.47. The lowest BCUT2D eigenvalue weighted by Gasteiger charge is -2.23. The van der Waals surface area contributed by atoms with Crippen LogP contribution in [0.1, 0.15) is 50.2 Å². The first kappa shape index (κ1) is 13.6. The minimum absolute atomic E-state index is 0.0577. The Morgan fingerprint density at radius 2 is 1.81 bits per heavy atom. The predicted octanol–water partition coefficient (Wildman–Crippen LogP) is 2.81. The van der Waals surface area contributed by atoms with Crippen LogP contribution in [-0.2, 0) is 22.4 Å². The Kier molecular flexibility index (Phi) is 3.77. The molecular formula is C12H21NO2S. The van der Waals surface area contributed by atoms with Crippen molar-refractivity contribution >= 4 is 11.3 Å². The fourth-order valence-corrected chi connectivity index (χ4v) is 2.72. The molecule has 0 saturated heterocycles. The number of rotatable bonds is 3. The van der Waals surface area contributed by atoms with Crippen LogP contribution in [0, 0.1) is 0 Å². The van der Waals surface area contributed by atoms with Crippen molar-refractivity contribution in [2.75, 3.05) is 7.11 Å². The second-order valence-corrected chi connectivity index (χ2v) is 6.61. The van der Waals surface area contributed by atoms with Gasteiger partial charge in [-0.2, -0.15) is 0 Å². The summed E-state index contributed by atoms with van der Waals surface area (Å²) < 4.78 is 5.09. The number of nitrogens with zero attached hydrogens (tertiary/aromatic N) is 1. The SMILES string of the molecule is COCc1nc(C(C)(C)C)c(C(C)(C)O)s1. The van der Waals surface area contributed by atoms with Crippen LogP contribution in [0.2, 0.25) is 0 Å². The van der Waals surface area contributed by atoms with Crippen LogP contribution >= 0.6 is 11.3 Å². The first-order valence-electron chi connectivity index (χ1n) is 5.38. The molecule has 0 radical (unpaired) electrons. The Morgan fingerprint density at radius 1 is 1.25 bits per heavy atom. The van der Waals surface area contributed by atoms with Crippen LogP contribution in [0.4, 0.5) is 0 Å². The molecule has 1 rings (SSSR count). The molecule has 0 saturated carbocycles. The van der Waals surface area contributed by atoms with Crippen LogP contribution in [0.5, 0.6) is 0 Å². The summed E-state index contributed by atoms with van der Waals surface area (Å²) >= 11 is 1.53. The van der Waals surface area contributed by atoms with E-state index in [9.17, 15) is 5.11 Å². The van der Waals surface area contributed by atoms with Crippen molar-refractivity contribution in [3.63, 3.8) is 0 Å². The number of ether oxygens (including phenoxy) is 1. The molecule has 0 spiro atoms. The molecule has 16 heavy (non-hydrogen) atoms. The van der Waals surface area contributed by atoms with Gasteiger partial charge in [0.2, 0.25) is 0 Å². The standard InChI is InChI=1S/C12H21NO2S/c1-11(2,3)9-10(12(4,5)14)16-8(13-9)7-15-6/h14H,7H2,1-6H3. The quantitative estimate of drug-likeness (QED) is 0.887. The summed E-state index contributed by atoms with van der Waals surface area (Å²) in [5.74, 6) is 0. The van der Waals surface area contributed by atoms with Gasteiger partial charge in [0.25, 0.3) is 0 Å². The van der Waals surface area contributed by atoms with E-state index in [2.05, 4.69) is 25.8 Å². The Bertz CT molecular complexity index is 327. The molecule has 0 aliphatic heterocycles. The summed E-state index contributed by atoms with van der Waals surface area (Å²) in [7, 11) is 1.65. The number of aromatic nitrogens is 1. The summed E-state index contributed by atoms with van der Waals surface area (Å²) in [6.07, 6.45) is 0. The lowest BCUT2D eigenvalue weighted by atomic mass is 9.88. The molecule has 1 aromatic rings. The van der Waals surface area contributed by atoms with Gasteiger partial charge in [-0.1, -0.05) is 20.8 Å². The highest BCUT2D eigenvalue weighted by molar-refractivity contribution is 7.11. The van der Waals surface area contributed by atoms with E-state index >= 15 is 0 Å². The van der Waals surface area contributed by atoms with Crippen molar-refractivity contribution in [1.82, 2.24) is 4.98 Å². The molecule has 0 aromatic carbocycles. The largest absolute Gasteiger partial charge is 0.385 e. The Balaban J connectivity index is 3.24. The Labute approximate surface area is 101 Å². The van der Waals surface area contributed by atoms with Crippen molar-refractivity contribution in [2.45, 2.75) is 52.2 Å². The van der Waals surface area contributed by atoms with Gasteiger partial charge in [-0.15, -0.1) is 11.3 Å². The van der Waals surface area contributed by atoms with Crippen LogP contribution in [0.25, 0.3) is 0 Å². The zero-order valence-corrected chi connectivity index (χ0v) is 11.7. The number of aliphatic hydroxyl groups is 1. The van der Waals surface area contributed by atoms with E-state index in [0.29, 0.717) is 6.61 Å². The summed E-state index contributed by atoms with van der Waals surface area (Å²) in [4.78, 5) is 5.51. The molecule has 0 aliphatic carbocycles. The van der Waals surface area contributed by atoms with E-state index < -0.39 is 5.60 Å². The van der Waals surface area contributed by atoms with Gasteiger partial charge in [-0.25, -0.2) is 4.98 Å². The van der Waals surface area contributed by atoms with Crippen molar-refractivity contribution < 1.29 is 9.84 Å². The van der Waals surface area contributed by atoms with E-state index in [4.69, 9.17) is 4.74 Å². The van der Waals surface area contributed by atoms with Gasteiger partial charge in [0, 0.05) is 12.5 Å². The third-order valence-corrected chi connectivity index (χ3v) is 3.55. The number of methoxy groups -OCH3 is 1. The second-order valence-electron chi connectivity index (χ2n) is 5.53. The van der Waals surface area contributed by atoms with Gasteiger partial charge in [0.15, 0.2) is 0 Å². The van der Waals surface area contributed by atoms with Crippen molar-refractivity contribution in [3.8, 4) is 0 Å². The molecule has 1 N–H and O–H groups in total. The Morgan fingerprint density at radius 3 is 2.12 bits per heavy atom. The summed E-state index contributed by atoms with van der Waals surface area (Å²) in [6, 6.07) is 0. The topological polar surface area (TPSA) is 42.4 Å². The molecular weight excluding hydrogens is 222 g/mol. The predicted molar refractivity (Wildman–Crippen MR) is 66.8 cm³/mol. The molecule has 0 unspecified atom stereocenters. The fraction of sp³-hybridized carbons (Fsp3) is 0.750. The van der Waals surface area contributed by atoms with E-state index in [-0.39, 0.29) is 5.41 Å². The van der Waals surface area contributed by atoms with Gasteiger partial charge in [-0.05, 0) is 13.8 Å². The number of thiazole rings is 1. The monoisotopic (exact) mass is 243 g/mol. The van der Waals surface area contributed by atoms with E-state index in [1.807, 2.05) is 0 Å². The Hall–Kier alpha value is -0.450. The molecule has 0 fully saturated rings. The number of hydrogen-bond acceptors (Lipinski definition) is 4. The van der Waals surface area contributed by atoms with Gasteiger partial charge in [-0.3, -0.25) is 0 Å². The molecule has 0 aliphatic rings. The first-order chi connectivity index (χ1) is 7.16. The van der Waals surface area contributed by atoms with Gasteiger partial charge >= 0.3 is 0 Å². The normalized spacial score (nSPS) is 13.2. The molecule has 0 bridgehead atoms. The molecule has 1 aromatic heterocycles. The highest BCUT2D eigenvalue weighted by Gasteiger charge is 2.30. The zero-order chi connectivity index (χ0) is 12.6. The van der Waals surface area contributed by atoms with E-state index in [1.165, 1.54) is 11.3 Å². The van der Waals surface area contributed by atoms with Crippen LogP contribution in [0.3, 0.4) is 0 Å². The zero-order valence-electron chi connectivity index (χ0n) is 10.9. The van der Waals surface area contributed by atoms with Gasteiger partial charge in [0.05, 0.1) is 22.8 Å². The molecule has 1 heterocycles. The van der Waals surface area contributed by atoms with Crippen molar-refractivity contribution in [2.24, 2.45) is 0 Å². The van der Waals surface area contributed by atoms with Crippen LogP contribution < -0.4 is 0 Å². The highest BCUT2D eigenvalue weighted by Crippen LogP contribution is 2.36. The smallest absolute Gasteiger partial charge is 0.119 e. The van der Waals surface area contributed by atoms with Crippen molar-refractivity contribution in [3.05, 3.63) is 15.6 Å². The average molecular weight is 243 g/mol. The fourth-order valence-electron chi connectivity index (χ4n) is 1.47. The lowest BCUT2D eigenvalue weighted by Crippen LogP contribution is -2.22. The highest BCUT2D eigenvalue weighted by atomic mass is 32.1. The maximum Gasteiger partial charge on any atom is 0.119 e. The van der Waals surface area contributed by atoms with Gasteiger partial charge < -0.3 is 9.84 Å². The summed E-state index contributed by atoms with van der Waals surface area (Å²) in [5, 5.41) is 11.1. The molecule has 4 heteroatoms. The lowest BCUT2D eigenvalue weighted by molar-refractivity contribution is 0.0803. The first-order valence-corrected chi connectivity index (χ1v) is 6.20. The minimum Gasteiger partial charge on any atom is -0.385 e. The molecule has 3 nitrogen and oxygen atoms in total. The second kappa shape index (κ2) is 4.43. The summed E-state index contributed by atoms with van der Waals surface area (Å²) in [5.41, 5.74) is 0.0708. The molecule has 0 atom stereocenters. The number of hydrogen-bond donors (Lipinski definition) is 1. The third kappa shape index (κ3) is 3.03. The minimum atomic E-state index is -0.841. The van der Waals surface area contributed by atoms with Crippen LogP contribution in [-0.4, -0.2) is 17.2 Å². The molecule has 92 valence electrons. The maximum atomic E-state index is 10.1. The van der Waals surface area contributed by atoms with E-state index in [0.717, 1.165) is 15.6 Å². The van der Waals surface area contributed by atoms with E-state index in [1.54, 1.807) is 21.0 Å². The third-order valence-electron chi connectivity index (χ3n) is 2.21. The molecule has 0 amide bonds. The van der Waals surface area contributed by atoms with Crippen molar-refractivity contribution in [1.29, 1.82) is 0 Å². The summed E-state index contributed by atoms with van der Waals surface area (Å²) in [6.45, 7) is 10.4.